The highest BCUT2D eigenvalue weighted by atomic mass is 19.1. The summed E-state index contributed by atoms with van der Waals surface area (Å²) in [5.74, 6) is -0.0767. The molecule has 5 heteroatoms. The monoisotopic (exact) mass is 292 g/mol. The fraction of sp³-hybridized carbons (Fsp3) is 0.625. The first kappa shape index (κ1) is 14.8. The Kier molecular flexibility index (Phi) is 4.73. The molecule has 1 aromatic carbocycles. The zero-order chi connectivity index (χ0) is 14.7. The van der Waals surface area contributed by atoms with Gasteiger partial charge in [-0.15, -0.1) is 0 Å². The molecule has 0 atom stereocenters. The van der Waals surface area contributed by atoms with Gasteiger partial charge in [-0.25, -0.2) is 4.39 Å². The minimum atomic E-state index is -0.0767. The second-order valence-corrected chi connectivity index (χ2v) is 6.10. The molecular formula is C16H25FN4. The Labute approximate surface area is 126 Å². The molecule has 4 nitrogen and oxygen atoms in total. The molecule has 1 aromatic rings. The van der Waals surface area contributed by atoms with E-state index in [9.17, 15) is 4.39 Å². The maximum Gasteiger partial charge on any atom is 0.146 e. The molecule has 2 saturated heterocycles. The van der Waals surface area contributed by atoms with E-state index in [1.54, 1.807) is 6.07 Å². The molecule has 0 aliphatic carbocycles. The van der Waals surface area contributed by atoms with E-state index < -0.39 is 0 Å². The molecule has 0 bridgehead atoms. The van der Waals surface area contributed by atoms with Gasteiger partial charge in [0.05, 0.1) is 5.69 Å². The number of hydrogen-bond acceptors (Lipinski definition) is 4. The molecule has 0 radical (unpaired) electrons. The van der Waals surface area contributed by atoms with Crippen molar-refractivity contribution in [2.24, 2.45) is 0 Å². The molecule has 0 aromatic heterocycles. The van der Waals surface area contributed by atoms with Gasteiger partial charge in [0.2, 0.25) is 0 Å². The number of hydrogen-bond donors (Lipinski definition) is 1. The molecule has 0 saturated carbocycles. The van der Waals surface area contributed by atoms with Gasteiger partial charge < -0.3 is 15.1 Å². The number of nitrogens with one attached hydrogen (secondary N) is 1. The third-order valence-electron chi connectivity index (χ3n) is 4.47. The molecule has 2 heterocycles. The molecule has 3 rings (SSSR count). The van der Waals surface area contributed by atoms with Gasteiger partial charge in [-0.3, -0.25) is 4.90 Å². The lowest BCUT2D eigenvalue weighted by Gasteiger charge is -2.34. The zero-order valence-electron chi connectivity index (χ0n) is 12.8. The van der Waals surface area contributed by atoms with Crippen molar-refractivity contribution < 1.29 is 4.39 Å². The van der Waals surface area contributed by atoms with E-state index in [1.165, 1.54) is 0 Å². The Balaban J connectivity index is 1.64. The van der Waals surface area contributed by atoms with E-state index in [4.69, 9.17) is 0 Å². The number of likely N-dealkylation sites (N-methyl/N-ethyl adjacent to an activating group) is 1. The molecule has 21 heavy (non-hydrogen) atoms. The third kappa shape index (κ3) is 3.73. The maximum absolute atomic E-state index is 14.4. The highest BCUT2D eigenvalue weighted by Gasteiger charge is 2.18. The van der Waals surface area contributed by atoms with Crippen LogP contribution in [0.3, 0.4) is 0 Å². The third-order valence-corrected chi connectivity index (χ3v) is 4.47. The van der Waals surface area contributed by atoms with Gasteiger partial charge in [-0.2, -0.15) is 0 Å². The van der Waals surface area contributed by atoms with Crippen molar-refractivity contribution in [2.45, 2.75) is 6.54 Å². The second kappa shape index (κ2) is 6.73. The quantitative estimate of drug-likeness (QED) is 0.896. The molecule has 0 amide bonds. The minimum absolute atomic E-state index is 0.0767. The first-order chi connectivity index (χ1) is 10.2. The highest BCUT2D eigenvalue weighted by Crippen LogP contribution is 2.22. The van der Waals surface area contributed by atoms with Gasteiger partial charge in [0, 0.05) is 58.9 Å². The SMILES string of the molecule is CN1CCN(c2ccc(CN3CCNCC3)cc2F)CC1. The van der Waals surface area contributed by atoms with Crippen LogP contribution in [0.2, 0.25) is 0 Å². The lowest BCUT2D eigenvalue weighted by Crippen LogP contribution is -2.44. The molecule has 1 N–H and O–H groups in total. The minimum Gasteiger partial charge on any atom is -0.367 e. The number of halogens is 1. The Morgan fingerprint density at radius 3 is 2.43 bits per heavy atom. The van der Waals surface area contributed by atoms with Gasteiger partial charge in [0.25, 0.3) is 0 Å². The van der Waals surface area contributed by atoms with E-state index in [2.05, 4.69) is 33.1 Å². The number of nitrogens with zero attached hydrogens (tertiary/aromatic N) is 3. The fourth-order valence-corrected chi connectivity index (χ4v) is 3.08. The standard InChI is InChI=1S/C16H25FN4/c1-19-8-10-21(11-9-19)16-3-2-14(12-15(16)17)13-20-6-4-18-5-7-20/h2-3,12,18H,4-11,13H2,1H3. The Hall–Kier alpha value is -1.17. The zero-order valence-corrected chi connectivity index (χ0v) is 12.8. The van der Waals surface area contributed by atoms with Crippen LogP contribution in [0.1, 0.15) is 5.56 Å². The van der Waals surface area contributed by atoms with Crippen LogP contribution in [-0.2, 0) is 6.54 Å². The summed E-state index contributed by atoms with van der Waals surface area (Å²) >= 11 is 0. The van der Waals surface area contributed by atoms with Gasteiger partial charge >= 0.3 is 0 Å². The van der Waals surface area contributed by atoms with E-state index in [-0.39, 0.29) is 5.82 Å². The summed E-state index contributed by atoms with van der Waals surface area (Å²) in [6.45, 7) is 8.81. The van der Waals surface area contributed by atoms with Crippen LogP contribution in [0, 0.1) is 5.82 Å². The normalized spacial score (nSPS) is 21.7. The molecule has 0 spiro atoms. The van der Waals surface area contributed by atoms with Crippen molar-refractivity contribution in [1.29, 1.82) is 0 Å². The molecule has 0 unspecified atom stereocenters. The lowest BCUT2D eigenvalue weighted by atomic mass is 10.1. The van der Waals surface area contributed by atoms with Gasteiger partial charge in [0.15, 0.2) is 0 Å². The van der Waals surface area contributed by atoms with Crippen molar-refractivity contribution in [3.05, 3.63) is 29.6 Å². The number of rotatable bonds is 3. The van der Waals surface area contributed by atoms with E-state index >= 15 is 0 Å². The maximum atomic E-state index is 14.4. The van der Waals surface area contributed by atoms with Crippen molar-refractivity contribution >= 4 is 5.69 Å². The van der Waals surface area contributed by atoms with Gasteiger partial charge in [-0.05, 0) is 24.7 Å². The van der Waals surface area contributed by atoms with Crippen LogP contribution in [0.5, 0.6) is 0 Å². The summed E-state index contributed by atoms with van der Waals surface area (Å²) in [6.07, 6.45) is 0. The van der Waals surface area contributed by atoms with Crippen molar-refractivity contribution in [3.63, 3.8) is 0 Å². The summed E-state index contributed by atoms with van der Waals surface area (Å²) in [7, 11) is 2.12. The molecular weight excluding hydrogens is 267 g/mol. The topological polar surface area (TPSA) is 21.8 Å². The van der Waals surface area contributed by atoms with Crippen molar-refractivity contribution in [2.75, 3.05) is 64.3 Å². The average molecular weight is 292 g/mol. The summed E-state index contributed by atoms with van der Waals surface area (Å²) in [5, 5.41) is 3.34. The van der Waals surface area contributed by atoms with Gasteiger partial charge in [0.1, 0.15) is 5.82 Å². The molecule has 2 aliphatic heterocycles. The fourth-order valence-electron chi connectivity index (χ4n) is 3.08. The summed E-state index contributed by atoms with van der Waals surface area (Å²) < 4.78 is 14.4. The first-order valence-corrected chi connectivity index (χ1v) is 7.87. The van der Waals surface area contributed by atoms with Crippen LogP contribution in [0.4, 0.5) is 10.1 Å². The molecule has 2 aliphatic rings. The Bertz CT molecular complexity index is 465. The molecule has 2 fully saturated rings. The largest absolute Gasteiger partial charge is 0.367 e. The Morgan fingerprint density at radius 2 is 1.76 bits per heavy atom. The first-order valence-electron chi connectivity index (χ1n) is 7.87. The number of piperazine rings is 2. The summed E-state index contributed by atoms with van der Waals surface area (Å²) in [6, 6.07) is 5.76. The lowest BCUT2D eigenvalue weighted by molar-refractivity contribution is 0.233. The van der Waals surface area contributed by atoms with Crippen molar-refractivity contribution in [1.82, 2.24) is 15.1 Å². The smallest absolute Gasteiger partial charge is 0.146 e. The highest BCUT2D eigenvalue weighted by molar-refractivity contribution is 5.49. The van der Waals surface area contributed by atoms with Crippen LogP contribution in [-0.4, -0.2) is 69.2 Å². The molecule has 116 valence electrons. The van der Waals surface area contributed by atoms with Crippen molar-refractivity contribution in [3.8, 4) is 0 Å². The predicted octanol–water partition coefficient (Wildman–Crippen LogP) is 0.983. The number of anilines is 1. The van der Waals surface area contributed by atoms with Crippen LogP contribution >= 0.6 is 0 Å². The van der Waals surface area contributed by atoms with Crippen LogP contribution < -0.4 is 10.2 Å². The van der Waals surface area contributed by atoms with E-state index in [1.807, 2.05) is 6.07 Å². The summed E-state index contributed by atoms with van der Waals surface area (Å²) in [4.78, 5) is 6.82. The van der Waals surface area contributed by atoms with Crippen LogP contribution in [0.15, 0.2) is 18.2 Å². The van der Waals surface area contributed by atoms with Gasteiger partial charge in [-0.1, -0.05) is 6.07 Å². The number of benzene rings is 1. The second-order valence-electron chi connectivity index (χ2n) is 6.10. The summed E-state index contributed by atoms with van der Waals surface area (Å²) in [5.41, 5.74) is 1.83. The average Bonchev–Trinajstić information content (AvgIpc) is 2.50. The van der Waals surface area contributed by atoms with E-state index in [0.717, 1.165) is 70.2 Å². The van der Waals surface area contributed by atoms with E-state index in [0.29, 0.717) is 0 Å². The van der Waals surface area contributed by atoms with Crippen LogP contribution in [0.25, 0.3) is 0 Å². The predicted molar refractivity (Wildman–Crippen MR) is 84.3 cm³/mol. The Morgan fingerprint density at radius 1 is 1.05 bits per heavy atom.